The van der Waals surface area contributed by atoms with Gasteiger partial charge in [-0.05, 0) is 24.5 Å². The topological polar surface area (TPSA) is 71.7 Å². The molecule has 0 aliphatic heterocycles. The van der Waals surface area contributed by atoms with Gasteiger partial charge in [-0.1, -0.05) is 44.1 Å². The van der Waals surface area contributed by atoms with E-state index in [2.05, 4.69) is 47.6 Å². The molecule has 7 heteroatoms. The van der Waals surface area contributed by atoms with E-state index in [9.17, 15) is 0 Å². The van der Waals surface area contributed by atoms with Gasteiger partial charge in [0.25, 0.3) is 0 Å². The van der Waals surface area contributed by atoms with Crippen LogP contribution in [0.15, 0.2) is 39.8 Å². The number of rotatable bonds is 8. The number of para-hydroxylation sites is 1. The molecule has 1 atom stereocenters. The SMILES string of the molecule is CCNC(=NCc1cc(C(C)C)no1)NCC(C)c1ccccc1OC.I. The molecule has 0 amide bonds. The molecule has 27 heavy (non-hydrogen) atoms. The maximum absolute atomic E-state index is 5.45. The van der Waals surface area contributed by atoms with Gasteiger partial charge in [0, 0.05) is 25.1 Å². The van der Waals surface area contributed by atoms with Crippen LogP contribution in [-0.2, 0) is 6.54 Å². The lowest BCUT2D eigenvalue weighted by atomic mass is 10.0. The lowest BCUT2D eigenvalue weighted by Gasteiger charge is -2.18. The summed E-state index contributed by atoms with van der Waals surface area (Å²) < 4.78 is 10.8. The molecule has 1 heterocycles. The number of nitrogens with one attached hydrogen (secondary N) is 2. The third-order valence-electron chi connectivity index (χ3n) is 4.15. The summed E-state index contributed by atoms with van der Waals surface area (Å²) in [7, 11) is 1.70. The van der Waals surface area contributed by atoms with Crippen LogP contribution in [0.3, 0.4) is 0 Å². The van der Waals surface area contributed by atoms with E-state index in [1.165, 1.54) is 5.56 Å². The minimum Gasteiger partial charge on any atom is -0.496 e. The summed E-state index contributed by atoms with van der Waals surface area (Å²) in [5.41, 5.74) is 2.13. The van der Waals surface area contributed by atoms with E-state index >= 15 is 0 Å². The lowest BCUT2D eigenvalue weighted by molar-refractivity contribution is 0.376. The number of hydrogen-bond donors (Lipinski definition) is 2. The van der Waals surface area contributed by atoms with Crippen LogP contribution in [0.1, 0.15) is 56.5 Å². The highest BCUT2D eigenvalue weighted by atomic mass is 127. The van der Waals surface area contributed by atoms with E-state index < -0.39 is 0 Å². The van der Waals surface area contributed by atoms with Crippen LogP contribution in [0.5, 0.6) is 5.75 Å². The number of aliphatic imine (C=N–C) groups is 1. The van der Waals surface area contributed by atoms with Crippen molar-refractivity contribution in [3.8, 4) is 5.75 Å². The molecule has 2 rings (SSSR count). The van der Waals surface area contributed by atoms with Gasteiger partial charge < -0.3 is 19.9 Å². The smallest absolute Gasteiger partial charge is 0.191 e. The van der Waals surface area contributed by atoms with E-state index in [0.717, 1.165) is 36.3 Å². The number of methoxy groups -OCH3 is 1. The summed E-state index contributed by atoms with van der Waals surface area (Å²) in [4.78, 5) is 4.59. The van der Waals surface area contributed by atoms with Crippen LogP contribution < -0.4 is 15.4 Å². The van der Waals surface area contributed by atoms with Crippen molar-refractivity contribution in [2.24, 2.45) is 4.99 Å². The molecule has 150 valence electrons. The number of halogens is 1. The van der Waals surface area contributed by atoms with Gasteiger partial charge in [-0.25, -0.2) is 4.99 Å². The summed E-state index contributed by atoms with van der Waals surface area (Å²) in [5.74, 6) is 3.07. The van der Waals surface area contributed by atoms with Gasteiger partial charge in [-0.3, -0.25) is 0 Å². The maximum atomic E-state index is 5.45. The first-order valence-corrected chi connectivity index (χ1v) is 9.15. The fourth-order valence-electron chi connectivity index (χ4n) is 2.61. The molecule has 0 saturated carbocycles. The van der Waals surface area contributed by atoms with Crippen molar-refractivity contribution < 1.29 is 9.26 Å². The molecule has 1 aromatic heterocycles. The normalized spacial score (nSPS) is 12.4. The molecule has 1 aromatic carbocycles. The summed E-state index contributed by atoms with van der Waals surface area (Å²) >= 11 is 0. The Balaban J connectivity index is 0.00000364. The second-order valence-electron chi connectivity index (χ2n) is 6.59. The van der Waals surface area contributed by atoms with Crippen molar-refractivity contribution in [1.29, 1.82) is 0 Å². The summed E-state index contributed by atoms with van der Waals surface area (Å²) in [5, 5.41) is 10.7. The van der Waals surface area contributed by atoms with Crippen molar-refractivity contribution in [2.75, 3.05) is 20.2 Å². The Morgan fingerprint density at radius 2 is 1.96 bits per heavy atom. The monoisotopic (exact) mass is 486 g/mol. The zero-order valence-electron chi connectivity index (χ0n) is 16.8. The third kappa shape index (κ3) is 7.04. The molecule has 0 radical (unpaired) electrons. The number of guanidine groups is 1. The fourth-order valence-corrected chi connectivity index (χ4v) is 2.61. The predicted octanol–water partition coefficient (Wildman–Crippen LogP) is 4.28. The Morgan fingerprint density at radius 3 is 2.59 bits per heavy atom. The van der Waals surface area contributed by atoms with Gasteiger partial charge in [-0.2, -0.15) is 0 Å². The highest BCUT2D eigenvalue weighted by Gasteiger charge is 2.12. The van der Waals surface area contributed by atoms with Crippen LogP contribution in [0.2, 0.25) is 0 Å². The molecule has 0 spiro atoms. The maximum Gasteiger partial charge on any atom is 0.191 e. The molecule has 0 aliphatic rings. The second-order valence-corrected chi connectivity index (χ2v) is 6.59. The van der Waals surface area contributed by atoms with Gasteiger partial charge in [0.15, 0.2) is 11.7 Å². The Bertz CT molecular complexity index is 716. The van der Waals surface area contributed by atoms with E-state index in [1.54, 1.807) is 7.11 Å². The molecule has 2 aromatic rings. The van der Waals surface area contributed by atoms with Crippen molar-refractivity contribution in [2.45, 2.75) is 46.1 Å². The Labute approximate surface area is 179 Å². The van der Waals surface area contributed by atoms with Crippen LogP contribution in [0.25, 0.3) is 0 Å². The zero-order chi connectivity index (χ0) is 18.9. The number of benzene rings is 1. The first-order valence-electron chi connectivity index (χ1n) is 9.15. The van der Waals surface area contributed by atoms with E-state index in [0.29, 0.717) is 12.5 Å². The summed E-state index contributed by atoms with van der Waals surface area (Å²) in [6.45, 7) is 10.4. The number of hydrogen-bond acceptors (Lipinski definition) is 4. The molecule has 2 N–H and O–H groups in total. The highest BCUT2D eigenvalue weighted by Crippen LogP contribution is 2.25. The second kappa shape index (κ2) is 11.8. The zero-order valence-corrected chi connectivity index (χ0v) is 19.1. The van der Waals surface area contributed by atoms with Gasteiger partial charge >= 0.3 is 0 Å². The first-order chi connectivity index (χ1) is 12.5. The average Bonchev–Trinajstić information content (AvgIpc) is 3.13. The number of nitrogens with zero attached hydrogens (tertiary/aromatic N) is 2. The van der Waals surface area contributed by atoms with Crippen LogP contribution in [0.4, 0.5) is 0 Å². The molecule has 0 fully saturated rings. The van der Waals surface area contributed by atoms with Gasteiger partial charge in [0.05, 0.1) is 12.8 Å². The molecule has 0 saturated heterocycles. The van der Waals surface area contributed by atoms with Crippen LogP contribution in [-0.4, -0.2) is 31.3 Å². The van der Waals surface area contributed by atoms with Gasteiger partial charge in [-0.15, -0.1) is 24.0 Å². The highest BCUT2D eigenvalue weighted by molar-refractivity contribution is 14.0. The van der Waals surface area contributed by atoms with E-state index in [1.807, 2.05) is 31.2 Å². The molecule has 0 bridgehead atoms. The first kappa shape index (κ1) is 23.3. The van der Waals surface area contributed by atoms with Crippen molar-refractivity contribution >= 4 is 29.9 Å². The molecular weight excluding hydrogens is 455 g/mol. The molecule has 1 unspecified atom stereocenters. The standard InChI is InChI=1S/C20H30N4O2.HI/c1-6-21-20(23-13-16-11-18(14(2)3)24-26-16)22-12-15(4)17-9-7-8-10-19(17)25-5;/h7-11,14-15H,6,12-13H2,1-5H3,(H2,21,22,23);1H. The fraction of sp³-hybridized carbons (Fsp3) is 0.500. The number of aromatic nitrogens is 1. The summed E-state index contributed by atoms with van der Waals surface area (Å²) in [6.07, 6.45) is 0. The third-order valence-corrected chi connectivity index (χ3v) is 4.15. The van der Waals surface area contributed by atoms with E-state index in [4.69, 9.17) is 9.26 Å². The number of ether oxygens (including phenoxy) is 1. The molecule has 6 nitrogen and oxygen atoms in total. The molecular formula is C20H31IN4O2. The largest absolute Gasteiger partial charge is 0.496 e. The van der Waals surface area contributed by atoms with Crippen LogP contribution >= 0.6 is 24.0 Å². The van der Waals surface area contributed by atoms with Crippen molar-refractivity contribution in [3.05, 3.63) is 47.3 Å². The Morgan fingerprint density at radius 1 is 1.22 bits per heavy atom. The van der Waals surface area contributed by atoms with Gasteiger partial charge in [0.1, 0.15) is 12.3 Å². The molecule has 0 aliphatic carbocycles. The predicted molar refractivity (Wildman–Crippen MR) is 120 cm³/mol. The lowest BCUT2D eigenvalue weighted by Crippen LogP contribution is -2.39. The Hall–Kier alpha value is -1.77. The minimum atomic E-state index is 0. The van der Waals surface area contributed by atoms with Crippen molar-refractivity contribution in [1.82, 2.24) is 15.8 Å². The average molecular weight is 486 g/mol. The Kier molecular flexibility index (Phi) is 10.2. The minimum absolute atomic E-state index is 0. The van der Waals surface area contributed by atoms with Crippen molar-refractivity contribution in [3.63, 3.8) is 0 Å². The van der Waals surface area contributed by atoms with Crippen LogP contribution in [0, 0.1) is 0 Å². The van der Waals surface area contributed by atoms with E-state index in [-0.39, 0.29) is 29.9 Å². The quantitative estimate of drug-likeness (QED) is 0.331. The summed E-state index contributed by atoms with van der Waals surface area (Å²) in [6, 6.07) is 10.1. The van der Waals surface area contributed by atoms with Gasteiger partial charge in [0.2, 0.25) is 0 Å².